The van der Waals surface area contributed by atoms with Gasteiger partial charge in [0.2, 0.25) is 0 Å². The van der Waals surface area contributed by atoms with Crippen LogP contribution in [0.4, 0.5) is 0 Å². The summed E-state index contributed by atoms with van der Waals surface area (Å²) in [6, 6.07) is 0. The molecule has 4 nitrogen and oxygen atoms in total. The molecule has 14 heavy (non-hydrogen) atoms. The van der Waals surface area contributed by atoms with E-state index in [1.165, 1.54) is 0 Å². The van der Waals surface area contributed by atoms with E-state index in [1.54, 1.807) is 6.92 Å². The first-order valence-electron chi connectivity index (χ1n) is 5.03. The van der Waals surface area contributed by atoms with Crippen LogP contribution in [0.25, 0.3) is 0 Å². The number of Topliss-reactive ketones (excluding diaryl/α,β-unsaturated/α-hetero) is 1. The van der Waals surface area contributed by atoms with Gasteiger partial charge >= 0.3 is 5.97 Å². The van der Waals surface area contributed by atoms with E-state index in [9.17, 15) is 9.59 Å². The lowest BCUT2D eigenvalue weighted by Gasteiger charge is -2.39. The standard InChI is InChI=1S/C10H14O4/c1-2-13-9(12)8-7(11)6-14-10(8)4-3-5-10/h8H,2-6H2,1H3. The van der Waals surface area contributed by atoms with E-state index in [0.29, 0.717) is 6.61 Å². The smallest absolute Gasteiger partial charge is 0.319 e. The maximum absolute atomic E-state index is 11.5. The van der Waals surface area contributed by atoms with Gasteiger partial charge in [0.25, 0.3) is 0 Å². The molecule has 0 radical (unpaired) electrons. The van der Waals surface area contributed by atoms with Gasteiger partial charge in [-0.3, -0.25) is 9.59 Å². The lowest BCUT2D eigenvalue weighted by atomic mass is 9.71. The van der Waals surface area contributed by atoms with Gasteiger partial charge in [-0.15, -0.1) is 0 Å². The Hall–Kier alpha value is -0.900. The highest BCUT2D eigenvalue weighted by molar-refractivity contribution is 6.02. The number of carbonyl (C=O) groups excluding carboxylic acids is 2. The van der Waals surface area contributed by atoms with Crippen LogP contribution in [0.5, 0.6) is 0 Å². The van der Waals surface area contributed by atoms with Crippen LogP contribution in [0, 0.1) is 5.92 Å². The number of ketones is 1. The molecule has 1 saturated carbocycles. The fraction of sp³-hybridized carbons (Fsp3) is 0.800. The Bertz CT molecular complexity index is 267. The Kier molecular flexibility index (Phi) is 2.31. The molecule has 1 unspecified atom stereocenters. The highest BCUT2D eigenvalue weighted by Gasteiger charge is 2.57. The van der Waals surface area contributed by atoms with E-state index in [2.05, 4.69) is 0 Å². The molecule has 1 aliphatic heterocycles. The molecule has 2 rings (SSSR count). The third-order valence-electron chi connectivity index (χ3n) is 3.07. The predicted molar refractivity (Wildman–Crippen MR) is 47.7 cm³/mol. The van der Waals surface area contributed by atoms with Gasteiger partial charge in [-0.1, -0.05) is 0 Å². The second kappa shape index (κ2) is 3.35. The SMILES string of the molecule is CCOC(=O)C1C(=O)COC12CCC2. The van der Waals surface area contributed by atoms with E-state index in [-0.39, 0.29) is 12.4 Å². The summed E-state index contributed by atoms with van der Waals surface area (Å²) in [7, 11) is 0. The molecule has 1 aliphatic carbocycles. The summed E-state index contributed by atoms with van der Waals surface area (Å²) >= 11 is 0. The van der Waals surface area contributed by atoms with Gasteiger partial charge in [0, 0.05) is 0 Å². The predicted octanol–water partition coefficient (Wildman–Crippen LogP) is 0.688. The molecule has 2 aliphatic rings. The summed E-state index contributed by atoms with van der Waals surface area (Å²) in [5, 5.41) is 0. The normalized spacial score (nSPS) is 28.9. The molecule has 1 spiro atoms. The molecular formula is C10H14O4. The molecule has 0 aromatic heterocycles. The van der Waals surface area contributed by atoms with Gasteiger partial charge < -0.3 is 9.47 Å². The number of carbonyl (C=O) groups is 2. The number of ether oxygens (including phenoxy) is 2. The van der Waals surface area contributed by atoms with Gasteiger partial charge in [0.05, 0.1) is 12.2 Å². The second-order valence-corrected chi connectivity index (χ2v) is 3.86. The lowest BCUT2D eigenvalue weighted by Crippen LogP contribution is -2.48. The van der Waals surface area contributed by atoms with Gasteiger partial charge in [0.15, 0.2) is 5.78 Å². The summed E-state index contributed by atoms with van der Waals surface area (Å²) in [5.74, 6) is -1.19. The van der Waals surface area contributed by atoms with Crippen LogP contribution in [-0.4, -0.2) is 30.6 Å². The molecule has 0 bridgehead atoms. The first-order valence-corrected chi connectivity index (χ1v) is 5.03. The topological polar surface area (TPSA) is 52.6 Å². The maximum Gasteiger partial charge on any atom is 0.319 e. The van der Waals surface area contributed by atoms with Crippen molar-refractivity contribution in [2.75, 3.05) is 13.2 Å². The Labute approximate surface area is 82.6 Å². The molecular weight excluding hydrogens is 184 g/mol. The molecule has 0 aromatic carbocycles. The molecule has 2 fully saturated rings. The minimum absolute atomic E-state index is 0.0729. The summed E-state index contributed by atoms with van der Waals surface area (Å²) < 4.78 is 10.3. The summed E-state index contributed by atoms with van der Waals surface area (Å²) in [6.07, 6.45) is 2.65. The first kappa shape index (κ1) is 9.65. The molecule has 1 atom stereocenters. The molecule has 1 saturated heterocycles. The van der Waals surface area contributed by atoms with Crippen LogP contribution in [-0.2, 0) is 19.1 Å². The third-order valence-corrected chi connectivity index (χ3v) is 3.07. The van der Waals surface area contributed by atoms with Gasteiger partial charge in [-0.05, 0) is 26.2 Å². The average Bonchev–Trinajstić information content (AvgIpc) is 2.42. The van der Waals surface area contributed by atoms with E-state index < -0.39 is 17.5 Å². The van der Waals surface area contributed by atoms with Crippen molar-refractivity contribution in [3.05, 3.63) is 0 Å². The van der Waals surface area contributed by atoms with E-state index in [1.807, 2.05) is 0 Å². The molecule has 0 N–H and O–H groups in total. The number of rotatable bonds is 2. The Morgan fingerprint density at radius 2 is 2.36 bits per heavy atom. The quantitative estimate of drug-likeness (QED) is 0.484. The molecule has 78 valence electrons. The van der Waals surface area contributed by atoms with Crippen molar-refractivity contribution < 1.29 is 19.1 Å². The van der Waals surface area contributed by atoms with Crippen LogP contribution in [0.15, 0.2) is 0 Å². The highest BCUT2D eigenvalue weighted by Crippen LogP contribution is 2.46. The maximum atomic E-state index is 11.5. The fourth-order valence-electron chi connectivity index (χ4n) is 2.20. The van der Waals surface area contributed by atoms with E-state index in [4.69, 9.17) is 9.47 Å². The zero-order chi connectivity index (χ0) is 10.2. The van der Waals surface area contributed by atoms with Gasteiger partial charge in [0.1, 0.15) is 12.5 Å². The minimum Gasteiger partial charge on any atom is -0.465 e. The van der Waals surface area contributed by atoms with Crippen LogP contribution in [0.2, 0.25) is 0 Å². The summed E-state index contributed by atoms with van der Waals surface area (Å²) in [4.78, 5) is 23.0. The number of esters is 1. The highest BCUT2D eigenvalue weighted by atomic mass is 16.5. The van der Waals surface area contributed by atoms with Crippen molar-refractivity contribution in [1.29, 1.82) is 0 Å². The van der Waals surface area contributed by atoms with Crippen molar-refractivity contribution in [2.45, 2.75) is 31.8 Å². The number of hydrogen-bond donors (Lipinski definition) is 0. The molecule has 0 aromatic rings. The lowest BCUT2D eigenvalue weighted by molar-refractivity contribution is -0.161. The van der Waals surface area contributed by atoms with Crippen LogP contribution < -0.4 is 0 Å². The minimum atomic E-state index is -0.656. The van der Waals surface area contributed by atoms with Gasteiger partial charge in [-0.25, -0.2) is 0 Å². The van der Waals surface area contributed by atoms with Crippen molar-refractivity contribution in [3.8, 4) is 0 Å². The Morgan fingerprint density at radius 3 is 2.86 bits per heavy atom. The van der Waals surface area contributed by atoms with Crippen molar-refractivity contribution in [2.24, 2.45) is 5.92 Å². The Balaban J connectivity index is 2.13. The largest absolute Gasteiger partial charge is 0.465 e. The Morgan fingerprint density at radius 1 is 1.64 bits per heavy atom. The molecule has 4 heteroatoms. The van der Waals surface area contributed by atoms with Gasteiger partial charge in [-0.2, -0.15) is 0 Å². The summed E-state index contributed by atoms with van der Waals surface area (Å²) in [6.45, 7) is 2.13. The summed E-state index contributed by atoms with van der Waals surface area (Å²) in [5.41, 5.74) is -0.497. The zero-order valence-corrected chi connectivity index (χ0v) is 8.25. The monoisotopic (exact) mass is 198 g/mol. The average molecular weight is 198 g/mol. The van der Waals surface area contributed by atoms with E-state index in [0.717, 1.165) is 19.3 Å². The molecule has 0 amide bonds. The van der Waals surface area contributed by atoms with Crippen LogP contribution >= 0.6 is 0 Å². The van der Waals surface area contributed by atoms with Crippen LogP contribution in [0.3, 0.4) is 0 Å². The second-order valence-electron chi connectivity index (χ2n) is 3.86. The third kappa shape index (κ3) is 1.25. The first-order chi connectivity index (χ1) is 6.69. The van der Waals surface area contributed by atoms with E-state index >= 15 is 0 Å². The zero-order valence-electron chi connectivity index (χ0n) is 8.25. The van der Waals surface area contributed by atoms with Crippen molar-refractivity contribution in [3.63, 3.8) is 0 Å². The fourth-order valence-corrected chi connectivity index (χ4v) is 2.20. The van der Waals surface area contributed by atoms with Crippen LogP contribution in [0.1, 0.15) is 26.2 Å². The van der Waals surface area contributed by atoms with Crippen molar-refractivity contribution >= 4 is 11.8 Å². The number of hydrogen-bond acceptors (Lipinski definition) is 4. The molecule has 1 heterocycles. The van der Waals surface area contributed by atoms with Crippen molar-refractivity contribution in [1.82, 2.24) is 0 Å².